The molecule has 0 amide bonds. The van der Waals surface area contributed by atoms with Crippen molar-refractivity contribution in [1.82, 2.24) is 5.32 Å². The van der Waals surface area contributed by atoms with Crippen molar-refractivity contribution in [3.05, 3.63) is 64.7 Å². The normalized spacial score (nSPS) is 12.2. The zero-order valence-corrected chi connectivity index (χ0v) is 13.4. The van der Waals surface area contributed by atoms with Crippen LogP contribution >= 0.6 is 0 Å². The molecule has 0 fully saturated rings. The molecule has 0 heterocycles. The maximum atomic E-state index is 5.35. The second kappa shape index (κ2) is 7.28. The van der Waals surface area contributed by atoms with Gasteiger partial charge in [0.1, 0.15) is 5.75 Å². The molecule has 1 N–H and O–H groups in total. The molecule has 2 aromatic carbocycles. The number of benzene rings is 2. The van der Waals surface area contributed by atoms with Gasteiger partial charge in [0, 0.05) is 6.04 Å². The van der Waals surface area contributed by atoms with Gasteiger partial charge in [0.15, 0.2) is 0 Å². The predicted octanol–water partition coefficient (Wildman–Crippen LogP) is 4.21. The fourth-order valence-electron chi connectivity index (χ4n) is 2.75. The van der Waals surface area contributed by atoms with E-state index >= 15 is 0 Å². The topological polar surface area (TPSA) is 21.3 Å². The van der Waals surface area contributed by atoms with Crippen LogP contribution in [0.2, 0.25) is 0 Å². The van der Waals surface area contributed by atoms with E-state index in [1.54, 1.807) is 7.11 Å². The van der Waals surface area contributed by atoms with Gasteiger partial charge in [-0.05, 0) is 49.6 Å². The van der Waals surface area contributed by atoms with E-state index in [9.17, 15) is 0 Å². The molecule has 0 aliphatic carbocycles. The van der Waals surface area contributed by atoms with Crippen LogP contribution in [0.4, 0.5) is 0 Å². The lowest BCUT2D eigenvalue weighted by atomic mass is 9.96. The van der Waals surface area contributed by atoms with Crippen LogP contribution in [0.25, 0.3) is 0 Å². The Kier molecular flexibility index (Phi) is 5.40. The van der Waals surface area contributed by atoms with Crippen LogP contribution in [-0.4, -0.2) is 13.7 Å². The van der Waals surface area contributed by atoms with Gasteiger partial charge in [-0.2, -0.15) is 0 Å². The van der Waals surface area contributed by atoms with E-state index in [0.717, 1.165) is 18.7 Å². The van der Waals surface area contributed by atoms with Crippen LogP contribution in [0.3, 0.4) is 0 Å². The summed E-state index contributed by atoms with van der Waals surface area (Å²) in [5.41, 5.74) is 5.18. The minimum atomic E-state index is 0.335. The van der Waals surface area contributed by atoms with Crippen molar-refractivity contribution in [2.24, 2.45) is 0 Å². The van der Waals surface area contributed by atoms with Gasteiger partial charge in [0.2, 0.25) is 0 Å². The van der Waals surface area contributed by atoms with Gasteiger partial charge in [-0.15, -0.1) is 0 Å². The largest absolute Gasteiger partial charge is 0.496 e. The third kappa shape index (κ3) is 4.08. The molecule has 1 unspecified atom stereocenters. The van der Waals surface area contributed by atoms with Crippen molar-refractivity contribution in [2.45, 2.75) is 33.2 Å². The third-order valence-corrected chi connectivity index (χ3v) is 3.79. The number of hydrogen-bond acceptors (Lipinski definition) is 2. The van der Waals surface area contributed by atoms with E-state index in [0.29, 0.717) is 6.04 Å². The van der Waals surface area contributed by atoms with Gasteiger partial charge in [0.25, 0.3) is 0 Å². The average Bonchev–Trinajstić information content (AvgIpc) is 2.47. The lowest BCUT2D eigenvalue weighted by Crippen LogP contribution is -2.23. The zero-order chi connectivity index (χ0) is 15.2. The molecule has 0 bridgehead atoms. The smallest absolute Gasteiger partial charge is 0.121 e. The Labute approximate surface area is 128 Å². The third-order valence-electron chi connectivity index (χ3n) is 3.79. The van der Waals surface area contributed by atoms with Gasteiger partial charge in [0.05, 0.1) is 7.11 Å². The Hall–Kier alpha value is -1.80. The number of nitrogens with one attached hydrogen (secondary N) is 1. The first-order valence-corrected chi connectivity index (χ1v) is 7.57. The van der Waals surface area contributed by atoms with Crippen molar-refractivity contribution in [2.75, 3.05) is 13.7 Å². The SMILES string of the molecule is CCNC(Cc1cccc(C)c1)c1ccc(OC)c(C)c1. The van der Waals surface area contributed by atoms with Crippen molar-refractivity contribution in [3.63, 3.8) is 0 Å². The van der Waals surface area contributed by atoms with Crippen LogP contribution in [0, 0.1) is 13.8 Å². The Balaban J connectivity index is 2.24. The summed E-state index contributed by atoms with van der Waals surface area (Å²) in [6.07, 6.45) is 1.00. The highest BCUT2D eigenvalue weighted by Gasteiger charge is 2.12. The van der Waals surface area contributed by atoms with Crippen LogP contribution in [0.15, 0.2) is 42.5 Å². The first-order chi connectivity index (χ1) is 10.1. The number of likely N-dealkylation sites (N-methyl/N-ethyl adjacent to an activating group) is 1. The maximum absolute atomic E-state index is 5.35. The number of hydrogen-bond donors (Lipinski definition) is 1. The molecule has 2 rings (SSSR count). The van der Waals surface area contributed by atoms with E-state index in [1.807, 2.05) is 0 Å². The highest BCUT2D eigenvalue weighted by Crippen LogP contribution is 2.25. The molecular formula is C19H25NO. The highest BCUT2D eigenvalue weighted by molar-refractivity contribution is 5.38. The van der Waals surface area contributed by atoms with Gasteiger partial charge in [-0.1, -0.05) is 48.9 Å². The Bertz CT molecular complexity index is 592. The average molecular weight is 283 g/mol. The lowest BCUT2D eigenvalue weighted by Gasteiger charge is -2.20. The second-order valence-electron chi connectivity index (χ2n) is 5.53. The lowest BCUT2D eigenvalue weighted by molar-refractivity contribution is 0.411. The van der Waals surface area contributed by atoms with Gasteiger partial charge in [-0.3, -0.25) is 0 Å². The van der Waals surface area contributed by atoms with E-state index in [2.05, 4.69) is 68.6 Å². The molecule has 2 aromatic rings. The summed E-state index contributed by atoms with van der Waals surface area (Å²) in [4.78, 5) is 0. The monoisotopic (exact) mass is 283 g/mol. The molecule has 0 saturated carbocycles. The summed E-state index contributed by atoms with van der Waals surface area (Å²) in [5.74, 6) is 0.949. The van der Waals surface area contributed by atoms with Gasteiger partial charge < -0.3 is 10.1 Å². The van der Waals surface area contributed by atoms with Crippen molar-refractivity contribution < 1.29 is 4.74 Å². The quantitative estimate of drug-likeness (QED) is 0.857. The number of aryl methyl sites for hydroxylation is 2. The van der Waals surface area contributed by atoms with Crippen LogP contribution in [-0.2, 0) is 6.42 Å². The number of methoxy groups -OCH3 is 1. The minimum absolute atomic E-state index is 0.335. The highest BCUT2D eigenvalue weighted by atomic mass is 16.5. The van der Waals surface area contributed by atoms with Gasteiger partial charge >= 0.3 is 0 Å². The molecule has 2 nitrogen and oxygen atoms in total. The summed E-state index contributed by atoms with van der Waals surface area (Å²) in [7, 11) is 1.72. The Morgan fingerprint density at radius 1 is 1.10 bits per heavy atom. The Morgan fingerprint density at radius 3 is 2.52 bits per heavy atom. The Morgan fingerprint density at radius 2 is 1.90 bits per heavy atom. The minimum Gasteiger partial charge on any atom is -0.496 e. The van der Waals surface area contributed by atoms with Gasteiger partial charge in [-0.25, -0.2) is 0 Å². The zero-order valence-electron chi connectivity index (χ0n) is 13.4. The molecule has 0 radical (unpaired) electrons. The molecule has 0 aliphatic heterocycles. The molecule has 21 heavy (non-hydrogen) atoms. The molecule has 0 spiro atoms. The summed E-state index contributed by atoms with van der Waals surface area (Å²) >= 11 is 0. The summed E-state index contributed by atoms with van der Waals surface area (Å²) in [6.45, 7) is 7.35. The summed E-state index contributed by atoms with van der Waals surface area (Å²) < 4.78 is 5.35. The molecule has 112 valence electrons. The van der Waals surface area contributed by atoms with Crippen LogP contribution < -0.4 is 10.1 Å². The fraction of sp³-hybridized carbons (Fsp3) is 0.368. The second-order valence-corrected chi connectivity index (χ2v) is 5.53. The van der Waals surface area contributed by atoms with E-state index < -0.39 is 0 Å². The standard InChI is InChI=1S/C19H25NO/c1-5-20-18(13-16-8-6-7-14(2)11-16)17-9-10-19(21-4)15(3)12-17/h6-12,18,20H,5,13H2,1-4H3. The molecule has 0 aromatic heterocycles. The summed E-state index contributed by atoms with van der Waals surface area (Å²) in [6, 6.07) is 15.5. The first-order valence-electron chi connectivity index (χ1n) is 7.57. The van der Waals surface area contributed by atoms with Crippen molar-refractivity contribution >= 4 is 0 Å². The molecule has 0 aliphatic rings. The van der Waals surface area contributed by atoms with Crippen LogP contribution in [0.1, 0.15) is 35.2 Å². The fourth-order valence-corrected chi connectivity index (χ4v) is 2.75. The predicted molar refractivity (Wildman–Crippen MR) is 89.0 cm³/mol. The van der Waals surface area contributed by atoms with Crippen molar-refractivity contribution in [1.29, 1.82) is 0 Å². The number of rotatable bonds is 6. The molecular weight excluding hydrogens is 258 g/mol. The van der Waals surface area contributed by atoms with E-state index in [1.165, 1.54) is 22.3 Å². The van der Waals surface area contributed by atoms with Crippen LogP contribution in [0.5, 0.6) is 5.75 Å². The maximum Gasteiger partial charge on any atom is 0.121 e. The molecule has 1 atom stereocenters. The molecule has 0 saturated heterocycles. The number of ether oxygens (including phenoxy) is 1. The van der Waals surface area contributed by atoms with Crippen molar-refractivity contribution in [3.8, 4) is 5.75 Å². The first kappa shape index (κ1) is 15.6. The molecule has 2 heteroatoms. The van der Waals surface area contributed by atoms with E-state index in [4.69, 9.17) is 4.74 Å². The summed E-state index contributed by atoms with van der Waals surface area (Å²) in [5, 5.41) is 3.59. The van der Waals surface area contributed by atoms with E-state index in [-0.39, 0.29) is 0 Å².